The zero-order valence-corrected chi connectivity index (χ0v) is 10.8. The van der Waals surface area contributed by atoms with Crippen LogP contribution in [-0.2, 0) is 0 Å². The number of rotatable bonds is 3. The SMILES string of the molecule is CCN(CC(F)(F)F)C(=O)c1cc2cc(N)ccc2[nH]1. The van der Waals surface area contributed by atoms with Gasteiger partial charge in [-0.1, -0.05) is 0 Å². The summed E-state index contributed by atoms with van der Waals surface area (Å²) in [5.74, 6) is -0.681. The number of halogens is 3. The summed E-state index contributed by atoms with van der Waals surface area (Å²) in [6.45, 7) is 0.222. The van der Waals surface area contributed by atoms with E-state index in [1.807, 2.05) is 0 Å². The molecule has 2 rings (SSSR count). The number of carbonyl (C=O) groups excluding carboxylic acids is 1. The van der Waals surface area contributed by atoms with Crippen molar-refractivity contribution in [3.63, 3.8) is 0 Å². The van der Waals surface area contributed by atoms with Gasteiger partial charge < -0.3 is 15.6 Å². The van der Waals surface area contributed by atoms with E-state index in [2.05, 4.69) is 4.98 Å². The van der Waals surface area contributed by atoms with Crippen LogP contribution in [0.5, 0.6) is 0 Å². The maximum atomic E-state index is 12.4. The number of amides is 1. The highest BCUT2D eigenvalue weighted by Crippen LogP contribution is 2.21. The van der Waals surface area contributed by atoms with Crippen molar-refractivity contribution in [2.24, 2.45) is 0 Å². The molecule has 0 saturated heterocycles. The van der Waals surface area contributed by atoms with Gasteiger partial charge in [-0.05, 0) is 31.2 Å². The van der Waals surface area contributed by atoms with Crippen molar-refractivity contribution in [3.05, 3.63) is 30.0 Å². The van der Waals surface area contributed by atoms with E-state index >= 15 is 0 Å². The minimum atomic E-state index is -4.41. The van der Waals surface area contributed by atoms with Crippen LogP contribution in [0.3, 0.4) is 0 Å². The second-order valence-electron chi connectivity index (χ2n) is 4.46. The van der Waals surface area contributed by atoms with Crippen molar-refractivity contribution < 1.29 is 18.0 Å². The van der Waals surface area contributed by atoms with Crippen molar-refractivity contribution in [2.45, 2.75) is 13.1 Å². The largest absolute Gasteiger partial charge is 0.406 e. The first-order chi connectivity index (χ1) is 9.30. The summed E-state index contributed by atoms with van der Waals surface area (Å²) >= 11 is 0. The predicted molar refractivity (Wildman–Crippen MR) is 70.3 cm³/mol. The number of aromatic nitrogens is 1. The van der Waals surface area contributed by atoms with Crippen molar-refractivity contribution in [1.29, 1.82) is 0 Å². The molecule has 1 aromatic carbocycles. The van der Waals surface area contributed by atoms with Crippen molar-refractivity contribution in [1.82, 2.24) is 9.88 Å². The van der Waals surface area contributed by atoms with Crippen LogP contribution >= 0.6 is 0 Å². The molecule has 0 spiro atoms. The van der Waals surface area contributed by atoms with E-state index in [1.54, 1.807) is 18.2 Å². The van der Waals surface area contributed by atoms with E-state index < -0.39 is 18.6 Å². The van der Waals surface area contributed by atoms with Gasteiger partial charge in [0.05, 0.1) is 0 Å². The average Bonchev–Trinajstić information content (AvgIpc) is 2.76. The van der Waals surface area contributed by atoms with Gasteiger partial charge in [0.15, 0.2) is 0 Å². The van der Waals surface area contributed by atoms with Crippen LogP contribution in [0.25, 0.3) is 10.9 Å². The Hall–Kier alpha value is -2.18. The van der Waals surface area contributed by atoms with Gasteiger partial charge in [-0.25, -0.2) is 0 Å². The topological polar surface area (TPSA) is 62.1 Å². The molecule has 2 aromatic rings. The highest BCUT2D eigenvalue weighted by molar-refractivity contribution is 5.98. The standard InChI is InChI=1S/C13H14F3N3O/c1-2-19(7-13(14,15)16)12(20)11-6-8-5-9(17)3-4-10(8)18-11/h3-6,18H,2,7,17H2,1H3. The van der Waals surface area contributed by atoms with Gasteiger partial charge in [0.25, 0.3) is 5.91 Å². The van der Waals surface area contributed by atoms with Gasteiger partial charge >= 0.3 is 6.18 Å². The zero-order chi connectivity index (χ0) is 14.9. The lowest BCUT2D eigenvalue weighted by Crippen LogP contribution is -2.38. The number of benzene rings is 1. The maximum absolute atomic E-state index is 12.4. The highest BCUT2D eigenvalue weighted by Gasteiger charge is 2.33. The van der Waals surface area contributed by atoms with E-state index in [-0.39, 0.29) is 12.2 Å². The first-order valence-corrected chi connectivity index (χ1v) is 6.04. The van der Waals surface area contributed by atoms with Crippen molar-refractivity contribution >= 4 is 22.5 Å². The van der Waals surface area contributed by atoms with Crippen molar-refractivity contribution in [3.8, 4) is 0 Å². The van der Waals surface area contributed by atoms with Crippen LogP contribution in [0, 0.1) is 0 Å². The van der Waals surface area contributed by atoms with Crippen molar-refractivity contribution in [2.75, 3.05) is 18.8 Å². The molecule has 108 valence electrons. The molecule has 3 N–H and O–H groups in total. The molecular formula is C13H14F3N3O. The molecule has 0 unspecified atom stereocenters. The lowest BCUT2D eigenvalue weighted by atomic mass is 10.2. The molecule has 0 radical (unpaired) electrons. The Bertz CT molecular complexity index is 633. The number of H-pyrrole nitrogens is 1. The lowest BCUT2D eigenvalue weighted by molar-refractivity contribution is -0.140. The first kappa shape index (κ1) is 14.2. The Morgan fingerprint density at radius 1 is 1.35 bits per heavy atom. The number of alkyl halides is 3. The molecule has 4 nitrogen and oxygen atoms in total. The smallest absolute Gasteiger partial charge is 0.399 e. The number of nitrogens with one attached hydrogen (secondary N) is 1. The molecule has 1 aromatic heterocycles. The Balaban J connectivity index is 2.29. The zero-order valence-electron chi connectivity index (χ0n) is 10.8. The number of anilines is 1. The minimum Gasteiger partial charge on any atom is -0.399 e. The molecular weight excluding hydrogens is 271 g/mol. The molecule has 0 bridgehead atoms. The molecule has 0 saturated carbocycles. The number of carbonyl (C=O) groups is 1. The van der Waals surface area contributed by atoms with Gasteiger partial charge in [0.2, 0.25) is 0 Å². The van der Waals surface area contributed by atoms with E-state index in [0.29, 0.717) is 16.6 Å². The summed E-state index contributed by atoms with van der Waals surface area (Å²) in [6.07, 6.45) is -4.41. The second-order valence-corrected chi connectivity index (χ2v) is 4.46. The first-order valence-electron chi connectivity index (χ1n) is 6.04. The van der Waals surface area contributed by atoms with E-state index in [4.69, 9.17) is 5.73 Å². The van der Waals surface area contributed by atoms with Gasteiger partial charge in [0, 0.05) is 23.1 Å². The third-order valence-corrected chi connectivity index (χ3v) is 2.91. The molecule has 1 amide bonds. The second kappa shape index (κ2) is 5.07. The fourth-order valence-corrected chi connectivity index (χ4v) is 1.98. The fraction of sp³-hybridized carbons (Fsp3) is 0.308. The summed E-state index contributed by atoms with van der Waals surface area (Å²) in [4.78, 5) is 15.6. The van der Waals surface area contributed by atoms with Gasteiger partial charge in [-0.2, -0.15) is 13.2 Å². The summed E-state index contributed by atoms with van der Waals surface area (Å²) in [5.41, 5.74) is 6.93. The summed E-state index contributed by atoms with van der Waals surface area (Å²) in [7, 11) is 0. The van der Waals surface area contributed by atoms with Crippen LogP contribution in [0.2, 0.25) is 0 Å². The van der Waals surface area contributed by atoms with Gasteiger partial charge in [0.1, 0.15) is 12.2 Å². The Morgan fingerprint density at radius 2 is 2.05 bits per heavy atom. The molecule has 0 atom stereocenters. The third kappa shape index (κ3) is 3.04. The van der Waals surface area contributed by atoms with Crippen LogP contribution in [0.1, 0.15) is 17.4 Å². The molecule has 7 heteroatoms. The van der Waals surface area contributed by atoms with Crippen LogP contribution in [-0.4, -0.2) is 35.1 Å². The molecule has 1 heterocycles. The normalized spacial score (nSPS) is 11.8. The highest BCUT2D eigenvalue weighted by atomic mass is 19.4. The predicted octanol–water partition coefficient (Wildman–Crippen LogP) is 2.77. The number of fused-ring (bicyclic) bond motifs is 1. The van der Waals surface area contributed by atoms with Crippen LogP contribution in [0.4, 0.5) is 18.9 Å². The maximum Gasteiger partial charge on any atom is 0.406 e. The van der Waals surface area contributed by atoms with Gasteiger partial charge in [-0.3, -0.25) is 4.79 Å². The minimum absolute atomic E-state index is 0.0180. The summed E-state index contributed by atoms with van der Waals surface area (Å²) in [6, 6.07) is 6.50. The average molecular weight is 285 g/mol. The van der Waals surface area contributed by atoms with Crippen LogP contribution in [0.15, 0.2) is 24.3 Å². The van der Waals surface area contributed by atoms with Gasteiger partial charge in [-0.15, -0.1) is 0 Å². The number of nitrogens with two attached hydrogens (primary N) is 1. The number of aromatic amines is 1. The Labute approximate surface area is 113 Å². The number of hydrogen-bond donors (Lipinski definition) is 2. The lowest BCUT2D eigenvalue weighted by Gasteiger charge is -2.21. The van der Waals surface area contributed by atoms with E-state index in [0.717, 1.165) is 4.90 Å². The monoisotopic (exact) mass is 285 g/mol. The van der Waals surface area contributed by atoms with E-state index in [1.165, 1.54) is 13.0 Å². The Morgan fingerprint density at radius 3 is 2.65 bits per heavy atom. The fourth-order valence-electron chi connectivity index (χ4n) is 1.98. The molecule has 0 aliphatic rings. The third-order valence-electron chi connectivity index (χ3n) is 2.91. The van der Waals surface area contributed by atoms with E-state index in [9.17, 15) is 18.0 Å². The molecule has 20 heavy (non-hydrogen) atoms. The molecule has 0 aliphatic carbocycles. The molecule has 0 fully saturated rings. The molecule has 0 aliphatic heterocycles. The quantitative estimate of drug-likeness (QED) is 0.852. The van der Waals surface area contributed by atoms with Crippen LogP contribution < -0.4 is 5.73 Å². The number of nitrogens with zero attached hydrogens (tertiary/aromatic N) is 1. The number of hydrogen-bond acceptors (Lipinski definition) is 2. The Kier molecular flexibility index (Phi) is 3.61. The summed E-state index contributed by atoms with van der Waals surface area (Å²) < 4.78 is 37.2. The summed E-state index contributed by atoms with van der Waals surface area (Å²) in [5, 5.41) is 0.691. The number of nitrogen functional groups attached to an aromatic ring is 1.